The van der Waals surface area contributed by atoms with Gasteiger partial charge >= 0.3 is 6.03 Å². The maximum Gasteiger partial charge on any atom is 0.347 e. The molecule has 2 amide bonds. The van der Waals surface area contributed by atoms with Crippen molar-refractivity contribution >= 4 is 28.3 Å². The van der Waals surface area contributed by atoms with Gasteiger partial charge in [0.15, 0.2) is 0 Å². The van der Waals surface area contributed by atoms with Crippen LogP contribution in [-0.2, 0) is 6.42 Å². The molecule has 0 bridgehead atoms. The number of hydrogen-bond donors (Lipinski definition) is 2. The monoisotopic (exact) mass is 485 g/mol. The van der Waals surface area contributed by atoms with Gasteiger partial charge in [0, 0.05) is 42.2 Å². The Labute approximate surface area is 212 Å². The number of ether oxygens (including phenoxy) is 1. The number of likely N-dealkylation sites (tertiary alicyclic amines) is 1. The van der Waals surface area contributed by atoms with E-state index in [0.29, 0.717) is 17.6 Å². The number of aromatic nitrogens is 1. The van der Waals surface area contributed by atoms with E-state index in [4.69, 9.17) is 10.5 Å². The summed E-state index contributed by atoms with van der Waals surface area (Å²) >= 11 is 0. The van der Waals surface area contributed by atoms with Gasteiger partial charge in [0.25, 0.3) is 0 Å². The summed E-state index contributed by atoms with van der Waals surface area (Å²) in [5.41, 5.74) is 8.32. The molecule has 1 aliphatic carbocycles. The molecule has 1 unspecified atom stereocenters. The molecule has 1 atom stereocenters. The van der Waals surface area contributed by atoms with E-state index in [2.05, 4.69) is 44.5 Å². The topological polar surface area (TPSA) is 92.8 Å². The molecule has 7 heteroatoms. The van der Waals surface area contributed by atoms with Gasteiger partial charge in [0.2, 0.25) is 0 Å². The number of amidine groups is 1. The minimum atomic E-state index is -0.436. The number of amides is 2. The number of urea groups is 1. The van der Waals surface area contributed by atoms with Crippen molar-refractivity contribution in [3.8, 4) is 5.75 Å². The smallest absolute Gasteiger partial charge is 0.347 e. The minimum Gasteiger partial charge on any atom is -0.490 e. The van der Waals surface area contributed by atoms with Gasteiger partial charge in [-0.2, -0.15) is 4.99 Å². The molecule has 36 heavy (non-hydrogen) atoms. The van der Waals surface area contributed by atoms with E-state index in [-0.39, 0.29) is 5.92 Å². The highest BCUT2D eigenvalue weighted by atomic mass is 16.5. The summed E-state index contributed by atoms with van der Waals surface area (Å²) in [6, 6.07) is 15.7. The van der Waals surface area contributed by atoms with Crippen molar-refractivity contribution in [2.45, 2.75) is 51.0 Å². The lowest BCUT2D eigenvalue weighted by atomic mass is 9.96. The van der Waals surface area contributed by atoms with Crippen molar-refractivity contribution in [3.05, 3.63) is 66.5 Å². The van der Waals surface area contributed by atoms with Crippen LogP contribution in [0.5, 0.6) is 5.75 Å². The molecule has 2 aliphatic rings. The summed E-state index contributed by atoms with van der Waals surface area (Å²) in [7, 11) is 0. The van der Waals surface area contributed by atoms with Crippen LogP contribution in [0.15, 0.2) is 65.9 Å². The Morgan fingerprint density at radius 3 is 2.75 bits per heavy atom. The molecule has 0 spiro atoms. The van der Waals surface area contributed by atoms with Crippen LogP contribution in [0, 0.1) is 5.92 Å². The maximum atomic E-state index is 12.6. The van der Waals surface area contributed by atoms with Crippen molar-refractivity contribution in [1.29, 1.82) is 0 Å². The fourth-order valence-corrected chi connectivity index (χ4v) is 5.30. The Balaban J connectivity index is 1.12. The van der Waals surface area contributed by atoms with Crippen LogP contribution in [0.4, 0.5) is 10.5 Å². The number of nitrogens with one attached hydrogen (secondary N) is 1. The summed E-state index contributed by atoms with van der Waals surface area (Å²) in [5.74, 6) is 1.47. The van der Waals surface area contributed by atoms with Crippen molar-refractivity contribution in [2.75, 3.05) is 25.0 Å². The van der Waals surface area contributed by atoms with Crippen LogP contribution in [0.25, 0.3) is 10.8 Å². The van der Waals surface area contributed by atoms with E-state index in [1.807, 2.05) is 24.3 Å². The molecule has 1 aliphatic heterocycles. The number of hydrogen-bond acceptors (Lipinski definition) is 4. The molecule has 7 nitrogen and oxygen atoms in total. The average Bonchev–Trinajstić information content (AvgIpc) is 3.42. The Kier molecular flexibility index (Phi) is 7.76. The van der Waals surface area contributed by atoms with Crippen LogP contribution >= 0.6 is 0 Å². The van der Waals surface area contributed by atoms with Crippen LogP contribution < -0.4 is 15.8 Å². The van der Waals surface area contributed by atoms with E-state index < -0.39 is 6.03 Å². The summed E-state index contributed by atoms with van der Waals surface area (Å²) < 4.78 is 6.08. The number of fused-ring (bicyclic) bond motifs is 1. The first kappa shape index (κ1) is 24.3. The second-order valence-electron chi connectivity index (χ2n) is 9.93. The lowest BCUT2D eigenvalue weighted by Crippen LogP contribution is -2.42. The molecule has 1 aromatic heterocycles. The standard InChI is InChI=1S/C29H35N5O2/c30-28(33-29(35)32-27-9-3-5-22-19-31-16-14-26(22)27)23-6-4-17-34(20-23)18-15-21-10-12-25(13-11-21)36-24-7-1-2-8-24/h3,5,9-14,16,19,23-24H,1-2,4,6-8,15,17-18,20H2,(H3,30,32,33,35). The van der Waals surface area contributed by atoms with Crippen LogP contribution in [0.3, 0.4) is 0 Å². The third-order valence-electron chi connectivity index (χ3n) is 7.32. The van der Waals surface area contributed by atoms with Crippen LogP contribution in [0.1, 0.15) is 44.1 Å². The summed E-state index contributed by atoms with van der Waals surface area (Å²) in [6.45, 7) is 2.83. The molecule has 1 saturated carbocycles. The molecule has 2 heterocycles. The first-order valence-electron chi connectivity index (χ1n) is 13.1. The first-order chi connectivity index (χ1) is 17.6. The molecule has 2 fully saturated rings. The Morgan fingerprint density at radius 2 is 1.92 bits per heavy atom. The van der Waals surface area contributed by atoms with E-state index >= 15 is 0 Å². The average molecular weight is 486 g/mol. The van der Waals surface area contributed by atoms with Crippen molar-refractivity contribution in [1.82, 2.24) is 9.88 Å². The summed E-state index contributed by atoms with van der Waals surface area (Å²) in [5, 5.41) is 4.77. The highest BCUT2D eigenvalue weighted by molar-refractivity contribution is 6.05. The zero-order valence-corrected chi connectivity index (χ0v) is 20.7. The molecule has 0 radical (unpaired) electrons. The Bertz CT molecular complexity index is 1200. The molecule has 3 aromatic rings. The number of carbonyl (C=O) groups excluding carboxylic acids is 1. The predicted molar refractivity (Wildman–Crippen MR) is 145 cm³/mol. The minimum absolute atomic E-state index is 0.0865. The predicted octanol–water partition coefficient (Wildman–Crippen LogP) is 5.40. The Hall–Kier alpha value is -3.45. The highest BCUT2D eigenvalue weighted by Crippen LogP contribution is 2.25. The van der Waals surface area contributed by atoms with E-state index in [0.717, 1.165) is 55.4 Å². The zero-order chi connectivity index (χ0) is 24.7. The lowest BCUT2D eigenvalue weighted by molar-refractivity contribution is 0.205. The van der Waals surface area contributed by atoms with Crippen LogP contribution in [0.2, 0.25) is 0 Å². The number of piperidine rings is 1. The highest BCUT2D eigenvalue weighted by Gasteiger charge is 2.23. The lowest BCUT2D eigenvalue weighted by Gasteiger charge is -2.32. The molecule has 5 rings (SSSR count). The van der Waals surface area contributed by atoms with E-state index in [9.17, 15) is 4.79 Å². The van der Waals surface area contributed by atoms with Gasteiger partial charge in [-0.1, -0.05) is 24.3 Å². The number of anilines is 1. The molecule has 188 valence electrons. The molecular formula is C29H35N5O2. The molecular weight excluding hydrogens is 450 g/mol. The third kappa shape index (κ3) is 6.21. The van der Waals surface area contributed by atoms with Crippen LogP contribution in [-0.4, -0.2) is 47.5 Å². The number of rotatable bonds is 7. The molecule has 2 aromatic carbocycles. The second kappa shape index (κ2) is 11.5. The number of nitrogens with two attached hydrogens (primary N) is 1. The maximum absolute atomic E-state index is 12.6. The SMILES string of the molecule is N/C(=N\C(=O)Nc1cccc2cnccc12)C1CCCN(CCc2ccc(OC3CCCC3)cc2)C1. The summed E-state index contributed by atoms with van der Waals surface area (Å²) in [6.07, 6.45) is 11.8. The van der Waals surface area contributed by atoms with Crippen molar-refractivity contribution < 1.29 is 9.53 Å². The van der Waals surface area contributed by atoms with Crippen molar-refractivity contribution in [2.24, 2.45) is 16.6 Å². The van der Waals surface area contributed by atoms with Gasteiger partial charge in [-0.25, -0.2) is 4.79 Å². The number of carbonyl (C=O) groups is 1. The van der Waals surface area contributed by atoms with Gasteiger partial charge in [-0.15, -0.1) is 0 Å². The third-order valence-corrected chi connectivity index (χ3v) is 7.32. The second-order valence-corrected chi connectivity index (χ2v) is 9.93. The van der Waals surface area contributed by atoms with Crippen molar-refractivity contribution in [3.63, 3.8) is 0 Å². The van der Waals surface area contributed by atoms with E-state index in [1.165, 1.54) is 31.2 Å². The zero-order valence-electron chi connectivity index (χ0n) is 20.7. The quantitative estimate of drug-likeness (QED) is 0.345. The number of benzene rings is 2. The normalized spacial score (nSPS) is 19.4. The van der Waals surface area contributed by atoms with Gasteiger partial charge in [0.1, 0.15) is 11.6 Å². The number of pyridine rings is 1. The first-order valence-corrected chi connectivity index (χ1v) is 13.1. The molecule has 3 N–H and O–H groups in total. The van der Waals surface area contributed by atoms with Gasteiger partial charge in [-0.3, -0.25) is 4.98 Å². The Morgan fingerprint density at radius 1 is 1.08 bits per heavy atom. The van der Waals surface area contributed by atoms with E-state index in [1.54, 1.807) is 12.4 Å². The van der Waals surface area contributed by atoms with Gasteiger partial charge in [-0.05, 0) is 81.3 Å². The largest absolute Gasteiger partial charge is 0.490 e. The van der Waals surface area contributed by atoms with Gasteiger partial charge < -0.3 is 20.7 Å². The fraction of sp³-hybridized carbons (Fsp3) is 0.414. The van der Waals surface area contributed by atoms with Gasteiger partial charge in [0.05, 0.1) is 11.8 Å². The fourth-order valence-electron chi connectivity index (χ4n) is 5.30. The number of aliphatic imine (C=N–C) groups is 1. The molecule has 1 saturated heterocycles. The number of nitrogens with zero attached hydrogens (tertiary/aromatic N) is 3. The summed E-state index contributed by atoms with van der Waals surface area (Å²) in [4.78, 5) is 23.4.